The first-order valence-corrected chi connectivity index (χ1v) is 16.9. The molecule has 0 radical (unpaired) electrons. The van der Waals surface area contributed by atoms with Gasteiger partial charge in [0, 0.05) is 29.7 Å². The van der Waals surface area contributed by atoms with E-state index in [2.05, 4.69) is 133 Å². The minimum Gasteiger partial charge on any atom is -0.135 e. The van der Waals surface area contributed by atoms with Crippen LogP contribution in [-0.2, 0) is 0 Å². The molecule has 0 amide bonds. The summed E-state index contributed by atoms with van der Waals surface area (Å²) in [5.74, 6) is 0. The van der Waals surface area contributed by atoms with Crippen molar-refractivity contribution in [1.82, 2.24) is 0 Å². The molecule has 43 heavy (non-hydrogen) atoms. The number of benzene rings is 7. The summed E-state index contributed by atoms with van der Waals surface area (Å²) in [5.41, 5.74) is 3.80. The lowest BCUT2D eigenvalue weighted by Crippen LogP contribution is -1.82. The van der Waals surface area contributed by atoms with Crippen LogP contribution in [0.2, 0.25) is 0 Å². The predicted octanol–water partition coefficient (Wildman–Crippen LogP) is 13.3. The second-order valence-electron chi connectivity index (χ2n) is 11.4. The summed E-state index contributed by atoms with van der Waals surface area (Å²) >= 11 is 5.74. The molecule has 3 heteroatoms. The van der Waals surface area contributed by atoms with Gasteiger partial charge in [0.15, 0.2) is 0 Å². The quantitative estimate of drug-likeness (QED) is 0.186. The Hall–Kier alpha value is -4.54. The van der Waals surface area contributed by atoms with Gasteiger partial charge in [-0.15, -0.1) is 34.0 Å². The van der Waals surface area contributed by atoms with Crippen molar-refractivity contribution < 1.29 is 0 Å². The molecule has 0 unspecified atom stereocenters. The first-order valence-electron chi connectivity index (χ1n) is 14.5. The van der Waals surface area contributed by atoms with E-state index in [9.17, 15) is 0 Å². The lowest BCUT2D eigenvalue weighted by atomic mass is 9.97. The maximum Gasteiger partial charge on any atom is 0.0542 e. The van der Waals surface area contributed by atoms with E-state index < -0.39 is 0 Å². The van der Waals surface area contributed by atoms with Crippen molar-refractivity contribution in [1.29, 1.82) is 0 Å². The largest absolute Gasteiger partial charge is 0.135 e. The highest BCUT2D eigenvalue weighted by molar-refractivity contribution is 7.36. The average molecular weight is 599 g/mol. The minimum atomic E-state index is 1.26. The lowest BCUT2D eigenvalue weighted by molar-refractivity contribution is 1.68. The zero-order valence-electron chi connectivity index (χ0n) is 22.9. The Morgan fingerprint density at radius 1 is 0.302 bits per heavy atom. The first kappa shape index (κ1) is 24.0. The molecule has 200 valence electrons. The molecule has 7 aromatic carbocycles. The molecule has 10 aromatic rings. The Labute approximate surface area is 259 Å². The number of hydrogen-bond donors (Lipinski definition) is 0. The third-order valence-corrected chi connectivity index (χ3v) is 12.5. The molecule has 0 nitrogen and oxygen atoms in total. The van der Waals surface area contributed by atoms with Gasteiger partial charge in [-0.2, -0.15) is 0 Å². The Morgan fingerprint density at radius 3 is 1.51 bits per heavy atom. The molecule has 10 rings (SSSR count). The number of thiophene rings is 3. The minimum absolute atomic E-state index is 1.26. The van der Waals surface area contributed by atoms with Gasteiger partial charge >= 0.3 is 0 Å². The second kappa shape index (κ2) is 8.98. The van der Waals surface area contributed by atoms with Crippen LogP contribution in [0.5, 0.6) is 0 Å². The Balaban J connectivity index is 1.10. The summed E-state index contributed by atoms with van der Waals surface area (Å²) in [6.45, 7) is 0. The van der Waals surface area contributed by atoms with E-state index in [1.54, 1.807) is 0 Å². The number of hydrogen-bond acceptors (Lipinski definition) is 3. The zero-order valence-corrected chi connectivity index (χ0v) is 25.4. The molecule has 0 saturated carbocycles. The molecule has 0 N–H and O–H groups in total. The Morgan fingerprint density at radius 2 is 0.814 bits per heavy atom. The van der Waals surface area contributed by atoms with Crippen molar-refractivity contribution >= 4 is 106 Å². The SMILES string of the molecule is c1ccc2cc3c(cc2c1)sc1c2cc4cc(-c5ccc6ccc(-c7cc8ccccc8s7)cc6c5)ccc4cc2sc31. The van der Waals surface area contributed by atoms with E-state index in [0.717, 1.165) is 0 Å². The van der Waals surface area contributed by atoms with E-state index >= 15 is 0 Å². The van der Waals surface area contributed by atoms with Crippen LogP contribution in [0.1, 0.15) is 0 Å². The van der Waals surface area contributed by atoms with Crippen LogP contribution >= 0.6 is 34.0 Å². The first-order chi connectivity index (χ1) is 21.2. The third kappa shape index (κ3) is 3.72. The molecule has 3 heterocycles. The second-order valence-corrected chi connectivity index (χ2v) is 14.6. The maximum absolute atomic E-state index is 2.42. The van der Waals surface area contributed by atoms with E-state index in [-0.39, 0.29) is 0 Å². The van der Waals surface area contributed by atoms with Gasteiger partial charge in [-0.3, -0.25) is 0 Å². The van der Waals surface area contributed by atoms with E-state index in [0.29, 0.717) is 0 Å². The third-order valence-electron chi connectivity index (χ3n) is 8.79. The van der Waals surface area contributed by atoms with Crippen LogP contribution in [0.4, 0.5) is 0 Å². The van der Waals surface area contributed by atoms with E-state index in [1.165, 1.54) is 93.5 Å². The van der Waals surface area contributed by atoms with Gasteiger partial charge < -0.3 is 0 Å². The molecule has 0 aliphatic carbocycles. The summed E-state index contributed by atoms with van der Waals surface area (Å²) in [7, 11) is 0. The highest BCUT2D eigenvalue weighted by Gasteiger charge is 2.14. The fourth-order valence-electron chi connectivity index (χ4n) is 6.57. The summed E-state index contributed by atoms with van der Waals surface area (Å²) in [5, 5.41) is 11.8. The van der Waals surface area contributed by atoms with Gasteiger partial charge in [0.25, 0.3) is 0 Å². The standard InChI is InChI=1S/C40H22S3/c1-2-6-25-20-37-33(18-24(25)5-1)39-40(42-37)34-19-32-16-27(12-13-28(32)21-38(34)43-39)26-11-9-23-10-14-30(17-31(23)15-26)36-22-29-7-3-4-8-35(29)41-36/h1-22H. The highest BCUT2D eigenvalue weighted by atomic mass is 32.1. The van der Waals surface area contributed by atoms with Gasteiger partial charge in [-0.05, 0) is 109 Å². The van der Waals surface area contributed by atoms with Crippen LogP contribution in [0.25, 0.3) is 93.5 Å². The van der Waals surface area contributed by atoms with Gasteiger partial charge in [0.05, 0.1) is 9.40 Å². The van der Waals surface area contributed by atoms with Crippen LogP contribution < -0.4 is 0 Å². The molecule has 0 aliphatic heterocycles. The molecular weight excluding hydrogens is 577 g/mol. The normalized spacial score (nSPS) is 12.2. The van der Waals surface area contributed by atoms with Crippen LogP contribution in [0.3, 0.4) is 0 Å². The van der Waals surface area contributed by atoms with Gasteiger partial charge in [-0.25, -0.2) is 0 Å². The van der Waals surface area contributed by atoms with Crippen molar-refractivity contribution in [3.63, 3.8) is 0 Å². The molecule has 0 fully saturated rings. The highest BCUT2D eigenvalue weighted by Crippen LogP contribution is 2.46. The summed E-state index contributed by atoms with van der Waals surface area (Å²) in [6.07, 6.45) is 0. The van der Waals surface area contributed by atoms with Crippen molar-refractivity contribution in [3.05, 3.63) is 133 Å². The summed E-state index contributed by atoms with van der Waals surface area (Å²) in [6, 6.07) is 49.9. The number of rotatable bonds is 2. The molecule has 0 bridgehead atoms. The fraction of sp³-hybridized carbons (Fsp3) is 0. The lowest BCUT2D eigenvalue weighted by Gasteiger charge is -2.08. The molecule has 3 aromatic heterocycles. The van der Waals surface area contributed by atoms with E-state index in [1.807, 2.05) is 34.0 Å². The Kier molecular flexibility index (Phi) is 5.00. The maximum atomic E-state index is 2.42. The van der Waals surface area contributed by atoms with Crippen molar-refractivity contribution in [2.75, 3.05) is 0 Å². The van der Waals surface area contributed by atoms with Crippen LogP contribution in [-0.4, -0.2) is 0 Å². The smallest absolute Gasteiger partial charge is 0.0542 e. The van der Waals surface area contributed by atoms with Crippen molar-refractivity contribution in [2.24, 2.45) is 0 Å². The predicted molar refractivity (Wildman–Crippen MR) is 193 cm³/mol. The van der Waals surface area contributed by atoms with Gasteiger partial charge in [0.2, 0.25) is 0 Å². The van der Waals surface area contributed by atoms with Gasteiger partial charge in [-0.1, -0.05) is 78.9 Å². The van der Waals surface area contributed by atoms with Gasteiger partial charge in [0.1, 0.15) is 0 Å². The molecule has 0 saturated heterocycles. The zero-order chi connectivity index (χ0) is 28.1. The molecule has 0 spiro atoms. The Bertz CT molecular complexity index is 2700. The number of fused-ring (bicyclic) bond motifs is 9. The van der Waals surface area contributed by atoms with Crippen molar-refractivity contribution in [2.45, 2.75) is 0 Å². The van der Waals surface area contributed by atoms with Crippen molar-refractivity contribution in [3.8, 4) is 21.6 Å². The summed E-state index contributed by atoms with van der Waals surface area (Å²) < 4.78 is 6.92. The molecular formula is C40H22S3. The molecule has 0 aliphatic rings. The van der Waals surface area contributed by atoms with Crippen LogP contribution in [0.15, 0.2) is 133 Å². The monoisotopic (exact) mass is 598 g/mol. The molecule has 0 atom stereocenters. The summed E-state index contributed by atoms with van der Waals surface area (Å²) in [4.78, 5) is 1.32. The fourth-order valence-corrected chi connectivity index (χ4v) is 10.3. The topological polar surface area (TPSA) is 0 Å². The van der Waals surface area contributed by atoms with Crippen LogP contribution in [0, 0.1) is 0 Å². The van der Waals surface area contributed by atoms with E-state index in [4.69, 9.17) is 0 Å². The average Bonchev–Trinajstić information content (AvgIpc) is 3.74.